The summed E-state index contributed by atoms with van der Waals surface area (Å²) in [6.07, 6.45) is 2.49. The molecule has 0 atom stereocenters. The largest absolute Gasteiger partial charge is 0.492 e. The molecule has 1 aliphatic rings. The highest BCUT2D eigenvalue weighted by Crippen LogP contribution is 2.32. The normalized spacial score (nSPS) is 15.7. The van der Waals surface area contributed by atoms with E-state index in [4.69, 9.17) is 4.74 Å². The van der Waals surface area contributed by atoms with Gasteiger partial charge in [-0.15, -0.1) is 0 Å². The number of H-pyrrole nitrogens is 1. The maximum absolute atomic E-state index is 11.6. The van der Waals surface area contributed by atoms with Gasteiger partial charge in [0.25, 0.3) is 0 Å². The van der Waals surface area contributed by atoms with Gasteiger partial charge in [0, 0.05) is 65.3 Å². The van der Waals surface area contributed by atoms with E-state index < -0.39 is 9.84 Å². The number of sulfone groups is 1. The SMILES string of the molecule is Cc1[nH]c2ccc(Nc3ccnc4cc(OCCCN5CCS(=O)(=O)CC5)c(C#N)cc34)cc2c1C. The molecule has 0 aliphatic carbocycles. The van der Waals surface area contributed by atoms with Crippen LogP contribution in [0.3, 0.4) is 0 Å². The van der Waals surface area contributed by atoms with Gasteiger partial charge in [0.15, 0.2) is 9.84 Å². The smallest absolute Gasteiger partial charge is 0.152 e. The minimum Gasteiger partial charge on any atom is -0.492 e. The van der Waals surface area contributed by atoms with Gasteiger partial charge in [0.1, 0.15) is 11.8 Å². The van der Waals surface area contributed by atoms with Crippen LogP contribution in [0.1, 0.15) is 23.2 Å². The van der Waals surface area contributed by atoms with Gasteiger partial charge in [0.05, 0.1) is 29.2 Å². The molecule has 2 N–H and O–H groups in total. The van der Waals surface area contributed by atoms with Gasteiger partial charge in [0.2, 0.25) is 0 Å². The first kappa shape index (κ1) is 24.1. The molecule has 1 aliphatic heterocycles. The predicted molar refractivity (Wildman–Crippen MR) is 143 cm³/mol. The molecule has 3 heterocycles. The third-order valence-electron chi connectivity index (χ3n) is 6.86. The Hall–Kier alpha value is -3.61. The van der Waals surface area contributed by atoms with E-state index in [0.717, 1.165) is 46.5 Å². The molecule has 36 heavy (non-hydrogen) atoms. The summed E-state index contributed by atoms with van der Waals surface area (Å²) in [6, 6.07) is 14.0. The van der Waals surface area contributed by atoms with E-state index in [1.807, 2.05) is 24.3 Å². The molecule has 0 unspecified atom stereocenters. The van der Waals surface area contributed by atoms with Crippen molar-refractivity contribution in [1.29, 1.82) is 5.26 Å². The highest BCUT2D eigenvalue weighted by atomic mass is 32.2. The summed E-state index contributed by atoms with van der Waals surface area (Å²) < 4.78 is 29.1. The number of aromatic amines is 1. The highest BCUT2D eigenvalue weighted by Gasteiger charge is 2.21. The third-order valence-corrected chi connectivity index (χ3v) is 8.47. The molecule has 0 amide bonds. The lowest BCUT2D eigenvalue weighted by atomic mass is 10.1. The maximum atomic E-state index is 11.6. The molecule has 1 fully saturated rings. The number of ether oxygens (including phenoxy) is 1. The number of nitrogens with one attached hydrogen (secondary N) is 2. The van der Waals surface area contributed by atoms with Gasteiger partial charge >= 0.3 is 0 Å². The van der Waals surface area contributed by atoms with Crippen molar-refractivity contribution in [2.24, 2.45) is 0 Å². The molecule has 0 bridgehead atoms. The number of hydrogen-bond donors (Lipinski definition) is 2. The second kappa shape index (κ2) is 9.80. The molecule has 9 heteroatoms. The van der Waals surface area contributed by atoms with Crippen LogP contribution in [0.5, 0.6) is 5.75 Å². The Morgan fingerprint density at radius 1 is 1.14 bits per heavy atom. The molecule has 5 rings (SSSR count). The van der Waals surface area contributed by atoms with Crippen LogP contribution < -0.4 is 10.1 Å². The lowest BCUT2D eigenvalue weighted by Crippen LogP contribution is -2.40. The number of benzene rings is 2. The Morgan fingerprint density at radius 3 is 2.72 bits per heavy atom. The average Bonchev–Trinajstić information content (AvgIpc) is 3.15. The zero-order chi connectivity index (χ0) is 25.3. The maximum Gasteiger partial charge on any atom is 0.152 e. The number of fused-ring (bicyclic) bond motifs is 2. The standard InChI is InChI=1S/C27H29N5O3S/c1-18-19(2)30-24-5-4-21(15-22(18)24)31-25-6-7-29-26-16-27(20(17-28)14-23(25)26)35-11-3-8-32-9-12-36(33,34)13-10-32/h4-7,14-16,30H,3,8-13H2,1-2H3,(H,29,31). The zero-order valence-corrected chi connectivity index (χ0v) is 21.3. The van der Waals surface area contributed by atoms with Crippen LogP contribution in [0.2, 0.25) is 0 Å². The number of aromatic nitrogens is 2. The number of hydrogen-bond acceptors (Lipinski definition) is 7. The minimum absolute atomic E-state index is 0.220. The first-order chi connectivity index (χ1) is 17.3. The van der Waals surface area contributed by atoms with Crippen LogP contribution in [0, 0.1) is 25.2 Å². The quantitative estimate of drug-likeness (QED) is 0.359. The minimum atomic E-state index is -2.88. The fourth-order valence-corrected chi connectivity index (χ4v) is 5.90. The van der Waals surface area contributed by atoms with Crippen molar-refractivity contribution in [3.8, 4) is 11.8 Å². The summed E-state index contributed by atoms with van der Waals surface area (Å²) >= 11 is 0. The molecule has 8 nitrogen and oxygen atoms in total. The molecular weight excluding hydrogens is 474 g/mol. The molecule has 2 aromatic carbocycles. The fourth-order valence-electron chi connectivity index (χ4n) is 4.63. The van der Waals surface area contributed by atoms with Crippen molar-refractivity contribution in [1.82, 2.24) is 14.9 Å². The van der Waals surface area contributed by atoms with Crippen LogP contribution in [-0.4, -0.2) is 61.0 Å². The number of anilines is 2. The van der Waals surface area contributed by atoms with Crippen molar-refractivity contribution in [3.05, 3.63) is 59.4 Å². The van der Waals surface area contributed by atoms with Crippen LogP contribution in [0.4, 0.5) is 11.4 Å². The lowest BCUT2D eigenvalue weighted by molar-refractivity contribution is 0.245. The summed E-state index contributed by atoms with van der Waals surface area (Å²) in [5, 5.41) is 15.3. The third kappa shape index (κ3) is 5.01. The van der Waals surface area contributed by atoms with Crippen LogP contribution >= 0.6 is 0 Å². The Kier molecular flexibility index (Phi) is 6.56. The number of nitrogens with zero attached hydrogens (tertiary/aromatic N) is 3. The molecule has 1 saturated heterocycles. The topological polar surface area (TPSA) is 111 Å². The van der Waals surface area contributed by atoms with Gasteiger partial charge < -0.3 is 19.9 Å². The van der Waals surface area contributed by atoms with Gasteiger partial charge in [-0.25, -0.2) is 8.42 Å². The van der Waals surface area contributed by atoms with Gasteiger partial charge in [-0.1, -0.05) is 0 Å². The molecule has 4 aromatic rings. The summed E-state index contributed by atoms with van der Waals surface area (Å²) in [6.45, 7) is 6.52. The van der Waals surface area contributed by atoms with E-state index >= 15 is 0 Å². The second-order valence-electron chi connectivity index (χ2n) is 9.29. The summed E-state index contributed by atoms with van der Waals surface area (Å²) in [4.78, 5) is 10.0. The molecule has 2 aromatic heterocycles. The summed E-state index contributed by atoms with van der Waals surface area (Å²) in [7, 11) is -2.88. The Morgan fingerprint density at radius 2 is 1.94 bits per heavy atom. The molecule has 0 saturated carbocycles. The van der Waals surface area contributed by atoms with Gasteiger partial charge in [-0.3, -0.25) is 4.98 Å². The Balaban J connectivity index is 1.30. The summed E-state index contributed by atoms with van der Waals surface area (Å²) in [5.74, 6) is 0.949. The number of pyridine rings is 1. The van der Waals surface area contributed by atoms with Crippen molar-refractivity contribution >= 4 is 43.0 Å². The summed E-state index contributed by atoms with van der Waals surface area (Å²) in [5.41, 5.74) is 6.52. The fraction of sp³-hybridized carbons (Fsp3) is 0.333. The first-order valence-electron chi connectivity index (χ1n) is 12.1. The van der Waals surface area contributed by atoms with Crippen molar-refractivity contribution in [2.45, 2.75) is 20.3 Å². The zero-order valence-electron chi connectivity index (χ0n) is 20.5. The average molecular weight is 504 g/mol. The van der Waals surface area contributed by atoms with Gasteiger partial charge in [-0.2, -0.15) is 5.26 Å². The van der Waals surface area contributed by atoms with Crippen LogP contribution in [0.25, 0.3) is 21.8 Å². The Labute approximate surface area is 210 Å². The van der Waals surface area contributed by atoms with Crippen LogP contribution in [-0.2, 0) is 9.84 Å². The van der Waals surface area contributed by atoms with Crippen molar-refractivity contribution in [3.63, 3.8) is 0 Å². The van der Waals surface area contributed by atoms with Crippen molar-refractivity contribution < 1.29 is 13.2 Å². The Bertz CT molecular complexity index is 1570. The molecule has 186 valence electrons. The van der Waals surface area contributed by atoms with Crippen molar-refractivity contribution in [2.75, 3.05) is 43.1 Å². The molecule has 0 spiro atoms. The number of nitriles is 1. The van der Waals surface area contributed by atoms with E-state index in [1.54, 1.807) is 6.20 Å². The lowest BCUT2D eigenvalue weighted by Gasteiger charge is -2.26. The monoisotopic (exact) mass is 503 g/mol. The predicted octanol–water partition coefficient (Wildman–Crippen LogP) is 4.45. The van der Waals surface area contributed by atoms with Gasteiger partial charge in [-0.05, 0) is 56.2 Å². The number of rotatable bonds is 7. The van der Waals surface area contributed by atoms with E-state index in [9.17, 15) is 13.7 Å². The van der Waals surface area contributed by atoms with E-state index in [1.165, 1.54) is 10.9 Å². The molecular formula is C27H29N5O3S. The first-order valence-corrected chi connectivity index (χ1v) is 13.9. The van der Waals surface area contributed by atoms with E-state index in [0.29, 0.717) is 31.0 Å². The van der Waals surface area contributed by atoms with E-state index in [-0.39, 0.29) is 11.5 Å². The number of aryl methyl sites for hydroxylation is 2. The van der Waals surface area contributed by atoms with E-state index in [2.05, 4.69) is 52.2 Å². The van der Waals surface area contributed by atoms with Crippen LogP contribution in [0.15, 0.2) is 42.6 Å². The second-order valence-corrected chi connectivity index (χ2v) is 11.6. The highest BCUT2D eigenvalue weighted by molar-refractivity contribution is 7.91. The molecule has 0 radical (unpaired) electrons.